The van der Waals surface area contributed by atoms with Gasteiger partial charge in [0.05, 0.1) is 36.2 Å². The number of hydrogen-bond acceptors (Lipinski definition) is 4. The van der Waals surface area contributed by atoms with Crippen LogP contribution in [0.3, 0.4) is 0 Å². The molecule has 5 aromatic rings. The summed E-state index contributed by atoms with van der Waals surface area (Å²) in [4.78, 5) is 27.6. The Hall–Kier alpha value is -2.81. The fourth-order valence-electron chi connectivity index (χ4n) is 5.75. The monoisotopic (exact) mass is 660 g/mol. The number of hydrogen-bond donors (Lipinski definition) is 1. The van der Waals surface area contributed by atoms with Gasteiger partial charge in [-0.1, -0.05) is 64.1 Å². The number of benzene rings is 3. The molecule has 2 aliphatic carbocycles. The number of nitrogens with one attached hydrogen (secondary N) is 1. The molecule has 2 heterocycles. The molecule has 1 N–H and O–H groups in total. The smallest absolute Gasteiger partial charge is 0.268 e. The lowest BCUT2D eigenvalue weighted by Gasteiger charge is -2.15. The predicted molar refractivity (Wildman–Crippen MR) is 169 cm³/mol. The Balaban J connectivity index is 0.000000168. The van der Waals surface area contributed by atoms with Crippen LogP contribution in [0.4, 0.5) is 0 Å². The van der Waals surface area contributed by atoms with E-state index < -0.39 is 10.0 Å². The van der Waals surface area contributed by atoms with E-state index in [1.165, 1.54) is 6.07 Å². The molecule has 6 nitrogen and oxygen atoms in total. The van der Waals surface area contributed by atoms with E-state index in [1.54, 1.807) is 36.4 Å². The number of nitrogens with zero attached hydrogens (tertiary/aromatic N) is 1. The Labute approximate surface area is 262 Å². The quantitative estimate of drug-likeness (QED) is 0.204. The molecule has 11 heteroatoms. The van der Waals surface area contributed by atoms with E-state index in [2.05, 4.69) is 4.98 Å². The van der Waals surface area contributed by atoms with Gasteiger partial charge in [0, 0.05) is 29.1 Å². The largest absolute Gasteiger partial charge is 0.352 e. The second-order valence-electron chi connectivity index (χ2n) is 10.5. The molecule has 0 atom stereocenters. The molecule has 2 aromatic heterocycles. The summed E-state index contributed by atoms with van der Waals surface area (Å²) in [5.41, 5.74) is 5.02. The first-order valence-corrected chi connectivity index (χ1v) is 16.3. The Morgan fingerprint density at radius 1 is 0.714 bits per heavy atom. The molecule has 0 spiro atoms. The molecule has 0 amide bonds. The summed E-state index contributed by atoms with van der Waals surface area (Å²) in [7, 11) is -3.95. The first-order chi connectivity index (χ1) is 20.0. The zero-order valence-electron chi connectivity index (χ0n) is 22.4. The van der Waals surface area contributed by atoms with Gasteiger partial charge in [0.2, 0.25) is 0 Å². The van der Waals surface area contributed by atoms with Gasteiger partial charge in [-0.3, -0.25) is 9.59 Å². The van der Waals surface area contributed by atoms with Crippen LogP contribution < -0.4 is 0 Å². The molecule has 42 heavy (non-hydrogen) atoms. The first-order valence-electron chi connectivity index (χ1n) is 13.4. The minimum absolute atomic E-state index is 0.132. The Kier molecular flexibility index (Phi) is 7.69. The Morgan fingerprint density at radius 2 is 1.29 bits per heavy atom. The number of carbonyl (C=O) groups excluding carboxylic acids is 2. The standard InChI is InChI=1S/C19H15Cl2NO3S.C12H9Cl2NO/c1-11-5-7-12(8-6-11)26(24,25)22-17-10-16(21)15(20)9-14(17)13-3-2-4-18(23)19(13)22;13-8-4-7-6-2-1-3-11(16)12(6)15-10(7)5-9(8)14/h5-10H,2-4H2,1H3;4-5,15H,1-3H2. The van der Waals surface area contributed by atoms with E-state index in [0.29, 0.717) is 51.7 Å². The van der Waals surface area contributed by atoms with Gasteiger partial charge in [-0.05, 0) is 80.1 Å². The van der Waals surface area contributed by atoms with Crippen molar-refractivity contribution in [2.24, 2.45) is 0 Å². The number of halogens is 4. The normalized spacial score (nSPS) is 15.0. The van der Waals surface area contributed by atoms with Crippen molar-refractivity contribution in [3.63, 3.8) is 0 Å². The second kappa shape index (κ2) is 11.0. The lowest BCUT2D eigenvalue weighted by atomic mass is 9.95. The van der Waals surface area contributed by atoms with Gasteiger partial charge < -0.3 is 4.98 Å². The first kappa shape index (κ1) is 29.3. The third kappa shape index (κ3) is 4.95. The van der Waals surface area contributed by atoms with E-state index in [-0.39, 0.29) is 27.2 Å². The molecule has 0 saturated carbocycles. The van der Waals surface area contributed by atoms with Gasteiger partial charge in [0.1, 0.15) is 5.69 Å². The molecular weight excluding hydrogens is 638 g/mol. The van der Waals surface area contributed by atoms with Gasteiger partial charge >= 0.3 is 0 Å². The highest BCUT2D eigenvalue weighted by Crippen LogP contribution is 2.39. The average molecular weight is 662 g/mol. The van der Waals surface area contributed by atoms with Crippen LogP contribution in [0.25, 0.3) is 21.8 Å². The predicted octanol–water partition coefficient (Wildman–Crippen LogP) is 9.01. The summed E-state index contributed by atoms with van der Waals surface area (Å²) < 4.78 is 27.9. The number of H-pyrrole nitrogens is 1. The summed E-state index contributed by atoms with van der Waals surface area (Å²) in [6, 6.07) is 13.4. The van der Waals surface area contributed by atoms with Crippen molar-refractivity contribution in [3.05, 3.63) is 96.7 Å². The van der Waals surface area contributed by atoms with Crippen molar-refractivity contribution < 1.29 is 18.0 Å². The van der Waals surface area contributed by atoms with Crippen LogP contribution in [0.2, 0.25) is 20.1 Å². The highest BCUT2D eigenvalue weighted by molar-refractivity contribution is 7.90. The molecule has 0 fully saturated rings. The molecule has 216 valence electrons. The minimum Gasteiger partial charge on any atom is -0.352 e. The third-order valence-corrected chi connectivity index (χ3v) is 11.0. The topological polar surface area (TPSA) is 89.0 Å². The number of aryl methyl sites for hydroxylation is 3. The average Bonchev–Trinajstić information content (AvgIpc) is 3.47. The van der Waals surface area contributed by atoms with E-state index >= 15 is 0 Å². The summed E-state index contributed by atoms with van der Waals surface area (Å²) >= 11 is 24.2. The highest BCUT2D eigenvalue weighted by Gasteiger charge is 2.32. The van der Waals surface area contributed by atoms with Gasteiger partial charge in [-0.2, -0.15) is 0 Å². The molecule has 7 rings (SSSR count). The molecule has 0 radical (unpaired) electrons. The van der Waals surface area contributed by atoms with Gasteiger partial charge in [-0.15, -0.1) is 0 Å². The van der Waals surface area contributed by atoms with E-state index in [1.807, 2.05) is 13.0 Å². The molecule has 0 saturated heterocycles. The van der Waals surface area contributed by atoms with Crippen molar-refractivity contribution >= 4 is 89.8 Å². The zero-order chi connectivity index (χ0) is 29.9. The van der Waals surface area contributed by atoms with Crippen molar-refractivity contribution in [2.75, 3.05) is 0 Å². The van der Waals surface area contributed by atoms with Crippen LogP contribution in [-0.2, 0) is 22.9 Å². The maximum Gasteiger partial charge on any atom is 0.268 e. The summed E-state index contributed by atoms with van der Waals surface area (Å²) in [5.74, 6) is 0.00933. The van der Waals surface area contributed by atoms with E-state index in [0.717, 1.165) is 50.1 Å². The Bertz CT molecular complexity index is 2040. The molecule has 0 unspecified atom stereocenters. The highest BCUT2D eigenvalue weighted by atomic mass is 35.5. The summed E-state index contributed by atoms with van der Waals surface area (Å²) in [6.07, 6.45) is 4.12. The van der Waals surface area contributed by atoms with Gasteiger partial charge in [0.15, 0.2) is 11.6 Å². The molecule has 0 aliphatic heterocycles. The third-order valence-electron chi connectivity index (χ3n) is 7.78. The van der Waals surface area contributed by atoms with Crippen LogP contribution in [0.5, 0.6) is 0 Å². The summed E-state index contributed by atoms with van der Waals surface area (Å²) in [6.45, 7) is 1.88. The zero-order valence-corrected chi connectivity index (χ0v) is 26.2. The van der Waals surface area contributed by atoms with Crippen LogP contribution in [0, 0.1) is 6.92 Å². The number of rotatable bonds is 2. The minimum atomic E-state index is -3.95. The maximum absolute atomic E-state index is 13.4. The molecular formula is C31H24Cl4N2O4S. The summed E-state index contributed by atoms with van der Waals surface area (Å²) in [5, 5.41) is 3.33. The van der Waals surface area contributed by atoms with Gasteiger partial charge in [0.25, 0.3) is 10.0 Å². The molecule has 0 bridgehead atoms. The van der Waals surface area contributed by atoms with E-state index in [4.69, 9.17) is 46.4 Å². The molecule has 3 aromatic carbocycles. The van der Waals surface area contributed by atoms with Crippen LogP contribution in [0.1, 0.15) is 63.4 Å². The fraction of sp³-hybridized carbons (Fsp3) is 0.226. The number of Topliss-reactive ketones (excluding diaryl/α,β-unsaturated/α-hetero) is 2. The number of carbonyl (C=O) groups is 2. The number of aromatic amines is 1. The molecule has 2 aliphatic rings. The number of aromatic nitrogens is 2. The SMILES string of the molecule is Cc1ccc(S(=O)(=O)n2c3c(c4cc(Cl)c(Cl)cc42)CCCC3=O)cc1.O=C1CCCc2c1[nH]c1cc(Cl)c(Cl)cc21. The maximum atomic E-state index is 13.4. The second-order valence-corrected chi connectivity index (χ2v) is 14.0. The number of fused-ring (bicyclic) bond motifs is 6. The number of ketones is 2. The van der Waals surface area contributed by atoms with Crippen molar-refractivity contribution in [3.8, 4) is 0 Å². The van der Waals surface area contributed by atoms with Crippen LogP contribution in [0.15, 0.2) is 53.4 Å². The lowest BCUT2D eigenvalue weighted by molar-refractivity contribution is 0.0960. The van der Waals surface area contributed by atoms with Crippen molar-refractivity contribution in [1.82, 2.24) is 8.96 Å². The van der Waals surface area contributed by atoms with Crippen molar-refractivity contribution in [1.29, 1.82) is 0 Å². The van der Waals surface area contributed by atoms with Crippen LogP contribution in [-0.4, -0.2) is 28.9 Å². The van der Waals surface area contributed by atoms with Crippen molar-refractivity contribution in [2.45, 2.75) is 50.3 Å². The Morgan fingerprint density at radius 3 is 1.98 bits per heavy atom. The lowest BCUT2D eigenvalue weighted by Crippen LogP contribution is -2.21. The van der Waals surface area contributed by atoms with E-state index in [9.17, 15) is 18.0 Å². The van der Waals surface area contributed by atoms with Gasteiger partial charge in [-0.25, -0.2) is 12.4 Å². The fourth-order valence-corrected chi connectivity index (χ4v) is 7.96. The van der Waals surface area contributed by atoms with Crippen LogP contribution >= 0.6 is 46.4 Å².